The van der Waals surface area contributed by atoms with Crippen LogP contribution in [0.2, 0.25) is 0 Å². The molecule has 0 spiro atoms. The van der Waals surface area contributed by atoms with Crippen LogP contribution < -0.4 is 4.90 Å². The molecule has 4 nitrogen and oxygen atoms in total. The quantitative estimate of drug-likeness (QED) is 0.494. The van der Waals surface area contributed by atoms with Crippen LogP contribution in [-0.4, -0.2) is 42.0 Å². The number of rotatable bonds is 7. The van der Waals surface area contributed by atoms with Gasteiger partial charge in [0, 0.05) is 18.7 Å². The minimum Gasteiger partial charge on any atom is -0.302 e. The number of nitrogens with zero attached hydrogens (tertiary/aromatic N) is 3. The van der Waals surface area contributed by atoms with Crippen molar-refractivity contribution >= 4 is 45.0 Å². The molecule has 0 unspecified atom stereocenters. The average Bonchev–Trinajstić information content (AvgIpc) is 3.08. The number of carbonyl (C=O) groups excluding carboxylic acids is 1. The summed E-state index contributed by atoms with van der Waals surface area (Å²) in [5, 5.41) is 0.682. The maximum Gasteiger partial charge on any atom is 0.260 e. The van der Waals surface area contributed by atoms with Crippen LogP contribution in [0, 0.1) is 19.7 Å². The van der Waals surface area contributed by atoms with Crippen LogP contribution in [-0.2, 0) is 0 Å². The van der Waals surface area contributed by atoms with Crippen molar-refractivity contribution in [2.75, 3.05) is 31.1 Å². The minimum absolute atomic E-state index is 0. The standard InChI is InChI=1S/C22H26FN3OS.ClH/c1-5-25(6-2)11-12-26(21(27)17-7-9-18(23)10-8-17)22-24-19-13-15(3)16(4)14-20(19)28-22;/h7-10,13-14H,5-6,11-12H2,1-4H3;1H. The number of aryl methyl sites for hydroxylation is 2. The molecule has 0 aliphatic rings. The van der Waals surface area contributed by atoms with Crippen molar-refractivity contribution in [1.29, 1.82) is 0 Å². The molecule has 0 atom stereocenters. The number of thiazole rings is 1. The zero-order valence-corrected chi connectivity index (χ0v) is 18.9. The summed E-state index contributed by atoms with van der Waals surface area (Å²) in [6.45, 7) is 11.5. The van der Waals surface area contributed by atoms with Gasteiger partial charge in [0.2, 0.25) is 0 Å². The lowest BCUT2D eigenvalue weighted by Gasteiger charge is -2.24. The minimum atomic E-state index is -0.350. The maximum atomic E-state index is 13.3. The van der Waals surface area contributed by atoms with E-state index in [4.69, 9.17) is 4.98 Å². The Morgan fingerprint density at radius 2 is 1.66 bits per heavy atom. The Balaban J connectivity index is 0.00000300. The van der Waals surface area contributed by atoms with Crippen LogP contribution >= 0.6 is 23.7 Å². The highest BCUT2D eigenvalue weighted by Gasteiger charge is 2.22. The highest BCUT2D eigenvalue weighted by Crippen LogP contribution is 2.31. The van der Waals surface area contributed by atoms with Crippen molar-refractivity contribution in [2.24, 2.45) is 0 Å². The number of hydrogen-bond donors (Lipinski definition) is 0. The van der Waals surface area contributed by atoms with Crippen molar-refractivity contribution in [2.45, 2.75) is 27.7 Å². The highest BCUT2D eigenvalue weighted by molar-refractivity contribution is 7.22. The summed E-state index contributed by atoms with van der Waals surface area (Å²) in [4.78, 5) is 21.9. The van der Waals surface area contributed by atoms with Gasteiger partial charge in [-0.2, -0.15) is 0 Å². The molecule has 0 saturated carbocycles. The fourth-order valence-corrected chi connectivity index (χ4v) is 4.17. The number of fused-ring (bicyclic) bond motifs is 1. The van der Waals surface area contributed by atoms with Crippen molar-refractivity contribution in [1.82, 2.24) is 9.88 Å². The zero-order chi connectivity index (χ0) is 20.3. The average molecular weight is 436 g/mol. The predicted octanol–water partition coefficient (Wildman–Crippen LogP) is 5.46. The smallest absolute Gasteiger partial charge is 0.260 e. The van der Waals surface area contributed by atoms with Gasteiger partial charge >= 0.3 is 0 Å². The second kappa shape index (κ2) is 10.1. The third-order valence-corrected chi connectivity index (χ3v) is 6.14. The molecule has 0 bridgehead atoms. The molecular weight excluding hydrogens is 409 g/mol. The van der Waals surface area contributed by atoms with Gasteiger partial charge in [0.05, 0.1) is 10.2 Å². The van der Waals surface area contributed by atoms with Crippen molar-refractivity contribution in [3.05, 3.63) is 58.9 Å². The molecule has 2 aromatic carbocycles. The zero-order valence-electron chi connectivity index (χ0n) is 17.2. The third kappa shape index (κ3) is 5.32. The second-order valence-corrected chi connectivity index (χ2v) is 7.90. The lowest BCUT2D eigenvalue weighted by Crippen LogP contribution is -2.38. The molecule has 29 heavy (non-hydrogen) atoms. The summed E-state index contributed by atoms with van der Waals surface area (Å²) in [5.41, 5.74) is 3.77. The van der Waals surface area contributed by atoms with E-state index in [0.29, 0.717) is 17.2 Å². The van der Waals surface area contributed by atoms with Crippen LogP contribution in [0.5, 0.6) is 0 Å². The monoisotopic (exact) mass is 435 g/mol. The Morgan fingerprint density at radius 1 is 1.03 bits per heavy atom. The molecule has 0 fully saturated rings. The van der Waals surface area contributed by atoms with Gasteiger partial charge in [0.25, 0.3) is 5.91 Å². The van der Waals surface area contributed by atoms with E-state index < -0.39 is 0 Å². The Labute approximate surface area is 181 Å². The fraction of sp³-hybridized carbons (Fsp3) is 0.364. The van der Waals surface area contributed by atoms with Gasteiger partial charge in [-0.15, -0.1) is 12.4 Å². The topological polar surface area (TPSA) is 36.4 Å². The van der Waals surface area contributed by atoms with E-state index in [-0.39, 0.29) is 24.1 Å². The van der Waals surface area contributed by atoms with Gasteiger partial charge in [-0.3, -0.25) is 9.69 Å². The molecular formula is C22H27ClFN3OS. The van der Waals surface area contributed by atoms with Crippen LogP contribution in [0.15, 0.2) is 36.4 Å². The number of likely N-dealkylation sites (N-methyl/N-ethyl adjacent to an activating group) is 1. The lowest BCUT2D eigenvalue weighted by molar-refractivity contribution is 0.0983. The first-order valence-electron chi connectivity index (χ1n) is 9.60. The molecule has 1 heterocycles. The third-order valence-electron chi connectivity index (χ3n) is 5.09. The second-order valence-electron chi connectivity index (χ2n) is 6.89. The Hall–Kier alpha value is -2.02. The van der Waals surface area contributed by atoms with Crippen molar-refractivity contribution < 1.29 is 9.18 Å². The number of amides is 1. The fourth-order valence-electron chi connectivity index (χ4n) is 3.10. The van der Waals surface area contributed by atoms with Gasteiger partial charge in [-0.05, 0) is 74.5 Å². The molecule has 156 valence electrons. The first-order valence-corrected chi connectivity index (χ1v) is 10.4. The van der Waals surface area contributed by atoms with Crippen molar-refractivity contribution in [3.63, 3.8) is 0 Å². The number of carbonyl (C=O) groups is 1. The van der Waals surface area contributed by atoms with E-state index in [1.54, 1.807) is 4.90 Å². The summed E-state index contributed by atoms with van der Waals surface area (Å²) in [6.07, 6.45) is 0. The van der Waals surface area contributed by atoms with Gasteiger partial charge in [0.1, 0.15) is 5.82 Å². The largest absolute Gasteiger partial charge is 0.302 e. The molecule has 0 saturated heterocycles. The maximum absolute atomic E-state index is 13.3. The SMILES string of the molecule is CCN(CC)CCN(C(=O)c1ccc(F)cc1)c1nc2cc(C)c(C)cc2s1.Cl. The van der Waals surface area contributed by atoms with E-state index in [0.717, 1.165) is 29.9 Å². The van der Waals surface area contributed by atoms with E-state index in [2.05, 4.69) is 44.7 Å². The predicted molar refractivity (Wildman–Crippen MR) is 122 cm³/mol. The van der Waals surface area contributed by atoms with Crippen molar-refractivity contribution in [3.8, 4) is 0 Å². The van der Waals surface area contributed by atoms with Crippen LogP contribution in [0.3, 0.4) is 0 Å². The number of aromatic nitrogens is 1. The Bertz CT molecular complexity index is 931. The molecule has 1 aromatic heterocycles. The number of anilines is 1. The molecule has 7 heteroatoms. The molecule has 0 aliphatic carbocycles. The highest BCUT2D eigenvalue weighted by atomic mass is 35.5. The molecule has 3 aromatic rings. The van der Waals surface area contributed by atoms with E-state index >= 15 is 0 Å². The van der Waals surface area contributed by atoms with Gasteiger partial charge in [-0.1, -0.05) is 25.2 Å². The number of benzene rings is 2. The van der Waals surface area contributed by atoms with E-state index in [9.17, 15) is 9.18 Å². The summed E-state index contributed by atoms with van der Waals surface area (Å²) in [7, 11) is 0. The van der Waals surface area contributed by atoms with Gasteiger partial charge < -0.3 is 4.90 Å². The first kappa shape index (κ1) is 23.3. The van der Waals surface area contributed by atoms with Crippen LogP contribution in [0.1, 0.15) is 35.3 Å². The van der Waals surface area contributed by atoms with Gasteiger partial charge in [0.15, 0.2) is 5.13 Å². The Kier molecular flexibility index (Phi) is 8.14. The first-order chi connectivity index (χ1) is 13.4. The molecule has 1 amide bonds. The van der Waals surface area contributed by atoms with Gasteiger partial charge in [-0.25, -0.2) is 9.37 Å². The normalized spacial score (nSPS) is 11.0. The summed E-state index contributed by atoms with van der Waals surface area (Å²) in [6, 6.07) is 9.89. The molecule has 0 aliphatic heterocycles. The Morgan fingerprint density at radius 3 is 2.28 bits per heavy atom. The summed E-state index contributed by atoms with van der Waals surface area (Å²) < 4.78 is 14.4. The molecule has 0 N–H and O–H groups in total. The van der Waals surface area contributed by atoms with Crippen LogP contribution in [0.4, 0.5) is 9.52 Å². The summed E-state index contributed by atoms with van der Waals surface area (Å²) in [5.74, 6) is -0.503. The molecule has 3 rings (SSSR count). The summed E-state index contributed by atoms with van der Waals surface area (Å²) >= 11 is 1.52. The molecule has 0 radical (unpaired) electrons. The van der Waals surface area contributed by atoms with E-state index in [1.165, 1.54) is 46.7 Å². The van der Waals surface area contributed by atoms with Crippen LogP contribution in [0.25, 0.3) is 10.2 Å². The van der Waals surface area contributed by atoms with E-state index in [1.807, 2.05) is 0 Å². The lowest BCUT2D eigenvalue weighted by atomic mass is 10.1. The number of halogens is 2. The number of hydrogen-bond acceptors (Lipinski definition) is 4.